The number of carboxylic acids is 1. The molecule has 272 valence electrons. The summed E-state index contributed by atoms with van der Waals surface area (Å²) in [6.07, 6.45) is -15.9. The van der Waals surface area contributed by atoms with E-state index in [0.29, 0.717) is 12.1 Å². The summed E-state index contributed by atoms with van der Waals surface area (Å²) in [5.41, 5.74) is 1.47. The maximum absolute atomic E-state index is 13.9. The van der Waals surface area contributed by atoms with E-state index in [0.717, 1.165) is 29.3 Å². The normalized spacial score (nSPS) is 18.1. The quantitative estimate of drug-likeness (QED) is 0.162. The van der Waals surface area contributed by atoms with E-state index in [4.69, 9.17) is 20.3 Å². The Bertz CT molecular complexity index is 1680. The molecule has 0 radical (unpaired) electrons. The van der Waals surface area contributed by atoms with Gasteiger partial charge >= 0.3 is 30.6 Å². The fourth-order valence-corrected chi connectivity index (χ4v) is 5.71. The van der Waals surface area contributed by atoms with Crippen LogP contribution in [0, 0.1) is 0 Å². The Balaban J connectivity index is 1.91. The van der Waals surface area contributed by atoms with Crippen LogP contribution in [0.5, 0.6) is 5.75 Å². The number of rotatable bonds is 10. The van der Waals surface area contributed by atoms with E-state index in [1.165, 1.54) is 6.92 Å². The maximum Gasteiger partial charge on any atom is 0.416 e. The number of ether oxygens (including phenoxy) is 2. The molecule has 9 nitrogen and oxygen atoms in total. The highest BCUT2D eigenvalue weighted by Crippen LogP contribution is 2.45. The van der Waals surface area contributed by atoms with Gasteiger partial charge in [-0.1, -0.05) is 6.92 Å². The van der Waals surface area contributed by atoms with Crippen molar-refractivity contribution in [2.24, 2.45) is 5.73 Å². The zero-order valence-electron chi connectivity index (χ0n) is 26.4. The number of hydrogen-bond donors (Lipinski definition) is 2. The molecule has 3 unspecified atom stereocenters. The average molecular weight is 723 g/mol. The number of aliphatic carboxylic acids is 1. The van der Waals surface area contributed by atoms with Crippen molar-refractivity contribution < 1.29 is 63.7 Å². The van der Waals surface area contributed by atoms with Gasteiger partial charge in [0, 0.05) is 18.9 Å². The van der Waals surface area contributed by atoms with Crippen LogP contribution in [0.15, 0.2) is 42.6 Å². The van der Waals surface area contributed by atoms with Crippen LogP contribution in [0.3, 0.4) is 0 Å². The van der Waals surface area contributed by atoms with E-state index in [1.54, 1.807) is 6.92 Å². The zero-order valence-corrected chi connectivity index (χ0v) is 26.4. The Morgan fingerprint density at radius 2 is 1.54 bits per heavy atom. The molecule has 0 saturated carbocycles. The van der Waals surface area contributed by atoms with Gasteiger partial charge in [-0.25, -0.2) is 14.8 Å². The third kappa shape index (κ3) is 8.57. The summed E-state index contributed by atoms with van der Waals surface area (Å²) in [5.74, 6) is -2.90. The SMILES string of the molecule is CCOC(=O)N1c2ccc(C(F)(F)F)cc2C(c2ncc(OCCCC(=O)O)c(Cc3cc(C(F)(F)F)cc(C(F)(F)F)c3)n2)C(N)C1CC. The molecule has 3 aromatic rings. The van der Waals surface area contributed by atoms with Crippen LogP contribution in [0.4, 0.5) is 50.0 Å². The lowest BCUT2D eigenvalue weighted by molar-refractivity contribution is -0.143. The predicted molar refractivity (Wildman–Crippen MR) is 158 cm³/mol. The van der Waals surface area contributed by atoms with Gasteiger partial charge in [-0.3, -0.25) is 9.69 Å². The topological polar surface area (TPSA) is 128 Å². The van der Waals surface area contributed by atoms with Crippen LogP contribution in [0.1, 0.15) is 78.4 Å². The van der Waals surface area contributed by atoms with Gasteiger partial charge in [-0.05, 0) is 67.3 Å². The first-order valence-corrected chi connectivity index (χ1v) is 15.2. The van der Waals surface area contributed by atoms with Crippen molar-refractivity contribution in [2.75, 3.05) is 18.1 Å². The molecule has 4 rings (SSSR count). The molecule has 3 N–H and O–H groups in total. The van der Waals surface area contributed by atoms with Crippen molar-refractivity contribution in [2.45, 2.75) is 76.1 Å². The van der Waals surface area contributed by atoms with Gasteiger partial charge in [-0.15, -0.1) is 0 Å². The first-order valence-electron chi connectivity index (χ1n) is 15.2. The van der Waals surface area contributed by atoms with E-state index in [-0.39, 0.29) is 67.1 Å². The molecule has 2 aromatic carbocycles. The van der Waals surface area contributed by atoms with Gasteiger partial charge in [0.15, 0.2) is 5.75 Å². The molecule has 2 heterocycles. The third-order valence-electron chi connectivity index (χ3n) is 7.93. The molecule has 0 aliphatic carbocycles. The van der Waals surface area contributed by atoms with Crippen LogP contribution < -0.4 is 15.4 Å². The number of amides is 1. The van der Waals surface area contributed by atoms with E-state index < -0.39 is 77.3 Å². The lowest BCUT2D eigenvalue weighted by Gasteiger charge is -2.43. The Morgan fingerprint density at radius 3 is 2.08 bits per heavy atom. The Morgan fingerprint density at radius 1 is 0.920 bits per heavy atom. The van der Waals surface area contributed by atoms with Crippen molar-refractivity contribution >= 4 is 17.7 Å². The molecule has 1 aliphatic heterocycles. The van der Waals surface area contributed by atoms with Gasteiger partial charge in [-0.2, -0.15) is 39.5 Å². The van der Waals surface area contributed by atoms with Crippen LogP contribution in [-0.4, -0.2) is 52.4 Å². The molecule has 18 heteroatoms. The number of carbonyl (C=O) groups is 2. The number of aromatic nitrogens is 2. The van der Waals surface area contributed by atoms with Crippen LogP contribution in [0.2, 0.25) is 0 Å². The van der Waals surface area contributed by atoms with E-state index in [2.05, 4.69) is 9.97 Å². The van der Waals surface area contributed by atoms with Crippen molar-refractivity contribution in [3.63, 3.8) is 0 Å². The maximum atomic E-state index is 13.9. The minimum absolute atomic E-state index is 0.00171. The molecule has 1 aromatic heterocycles. The summed E-state index contributed by atoms with van der Waals surface area (Å²) >= 11 is 0. The number of anilines is 1. The fraction of sp³-hybridized carbons (Fsp3) is 0.438. The van der Waals surface area contributed by atoms with E-state index >= 15 is 0 Å². The van der Waals surface area contributed by atoms with Crippen LogP contribution >= 0.6 is 0 Å². The molecular weight excluding hydrogens is 691 g/mol. The number of nitrogens with two attached hydrogens (primary N) is 1. The summed E-state index contributed by atoms with van der Waals surface area (Å²) in [6.45, 7) is 2.87. The summed E-state index contributed by atoms with van der Waals surface area (Å²) < 4.78 is 134. The lowest BCUT2D eigenvalue weighted by Crippen LogP contribution is -2.57. The molecule has 3 atom stereocenters. The second kappa shape index (κ2) is 14.7. The Labute approximate surface area is 279 Å². The molecular formula is C32H31F9N4O5. The van der Waals surface area contributed by atoms with Crippen LogP contribution in [-0.2, 0) is 34.5 Å². The lowest BCUT2D eigenvalue weighted by atomic mass is 9.79. The Hall–Kier alpha value is -4.61. The molecule has 50 heavy (non-hydrogen) atoms. The number of alkyl halides is 9. The number of nitrogens with zero attached hydrogens (tertiary/aromatic N) is 3. The first kappa shape index (κ1) is 38.2. The number of hydrogen-bond acceptors (Lipinski definition) is 7. The molecule has 0 saturated heterocycles. The van der Waals surface area contributed by atoms with Gasteiger partial charge in [0.1, 0.15) is 5.82 Å². The number of carbonyl (C=O) groups excluding carboxylic acids is 1. The molecule has 0 fully saturated rings. The second-order valence-electron chi connectivity index (χ2n) is 11.3. The first-order chi connectivity index (χ1) is 23.3. The van der Waals surface area contributed by atoms with Crippen LogP contribution in [0.25, 0.3) is 0 Å². The number of fused-ring (bicyclic) bond motifs is 1. The van der Waals surface area contributed by atoms with Gasteiger partial charge in [0.25, 0.3) is 0 Å². The summed E-state index contributed by atoms with van der Waals surface area (Å²) in [4.78, 5) is 33.8. The van der Waals surface area contributed by atoms with Crippen molar-refractivity contribution in [1.82, 2.24) is 9.97 Å². The minimum Gasteiger partial charge on any atom is -0.490 e. The molecule has 1 aliphatic rings. The Kier molecular flexibility index (Phi) is 11.2. The predicted octanol–water partition coefficient (Wildman–Crippen LogP) is 7.58. The standard InChI is InChI=1S/C32H31F9N4O5/c1-3-22-27(42)26(20-14-17(30(33,34)35)7-8-23(20)45(22)29(48)49-4-2)28-43-15-24(50-9-5-6-25(46)47)21(44-28)12-16-10-18(31(36,37)38)13-19(11-16)32(39,40)41/h7-8,10-11,13-15,22,26-27H,3-6,9,12,42H2,1-2H3,(H,46,47). The number of carboxylic acid groups (broad SMARTS) is 1. The monoisotopic (exact) mass is 722 g/mol. The fourth-order valence-electron chi connectivity index (χ4n) is 5.71. The van der Waals surface area contributed by atoms with Crippen molar-refractivity contribution in [3.8, 4) is 5.75 Å². The van der Waals surface area contributed by atoms with E-state index in [1.807, 2.05) is 0 Å². The highest BCUT2D eigenvalue weighted by Gasteiger charge is 2.45. The van der Waals surface area contributed by atoms with E-state index in [9.17, 15) is 49.1 Å². The molecule has 0 bridgehead atoms. The summed E-state index contributed by atoms with van der Waals surface area (Å²) in [7, 11) is 0. The third-order valence-corrected chi connectivity index (χ3v) is 7.93. The summed E-state index contributed by atoms with van der Waals surface area (Å²) in [5, 5.41) is 8.94. The molecule has 0 spiro atoms. The molecule has 1 amide bonds. The van der Waals surface area contributed by atoms with Gasteiger partial charge in [0.05, 0.1) is 59.4 Å². The largest absolute Gasteiger partial charge is 0.490 e. The van der Waals surface area contributed by atoms with Gasteiger partial charge in [0.2, 0.25) is 0 Å². The highest BCUT2D eigenvalue weighted by atomic mass is 19.4. The number of benzene rings is 2. The minimum atomic E-state index is -5.16. The summed E-state index contributed by atoms with van der Waals surface area (Å²) in [6, 6.07) is 1.48. The van der Waals surface area contributed by atoms with Crippen molar-refractivity contribution in [1.29, 1.82) is 0 Å². The second-order valence-corrected chi connectivity index (χ2v) is 11.3. The smallest absolute Gasteiger partial charge is 0.416 e. The number of halogens is 9. The average Bonchev–Trinajstić information content (AvgIpc) is 3.01. The highest BCUT2D eigenvalue weighted by molar-refractivity contribution is 5.91. The van der Waals surface area contributed by atoms with Crippen molar-refractivity contribution in [3.05, 3.63) is 81.9 Å². The zero-order chi connectivity index (χ0) is 37.2. The van der Waals surface area contributed by atoms with Gasteiger partial charge < -0.3 is 20.3 Å².